The van der Waals surface area contributed by atoms with Crippen molar-refractivity contribution >= 4 is 28.7 Å². The number of fused-ring (bicyclic) bond motifs is 1. The predicted octanol–water partition coefficient (Wildman–Crippen LogP) is 3.99. The van der Waals surface area contributed by atoms with Gasteiger partial charge >= 0.3 is 0 Å². The van der Waals surface area contributed by atoms with E-state index in [0.29, 0.717) is 16.5 Å². The van der Waals surface area contributed by atoms with Crippen LogP contribution in [0.3, 0.4) is 0 Å². The third kappa shape index (κ3) is 4.68. The van der Waals surface area contributed by atoms with Crippen molar-refractivity contribution < 1.29 is 4.74 Å². The molecule has 0 aliphatic rings. The van der Waals surface area contributed by atoms with Crippen LogP contribution in [-0.2, 0) is 19.4 Å². The van der Waals surface area contributed by atoms with Crippen molar-refractivity contribution in [3.05, 3.63) is 72.1 Å². The Kier molecular flexibility index (Phi) is 5.95. The van der Waals surface area contributed by atoms with Crippen LogP contribution in [0.4, 0.5) is 5.82 Å². The largest absolute Gasteiger partial charge is 0.497 e. The number of thioether (sulfide) groups is 1. The van der Waals surface area contributed by atoms with Crippen molar-refractivity contribution in [3.8, 4) is 5.75 Å². The highest BCUT2D eigenvalue weighted by molar-refractivity contribution is 7.99. The van der Waals surface area contributed by atoms with E-state index in [-0.39, 0.29) is 0 Å². The highest BCUT2D eigenvalue weighted by Gasteiger charge is 2.12. The average Bonchev–Trinajstić information content (AvgIpc) is 3.17. The lowest BCUT2D eigenvalue weighted by molar-refractivity contribution is 0.414. The van der Waals surface area contributed by atoms with Crippen LogP contribution in [0.1, 0.15) is 11.1 Å². The molecule has 0 radical (unpaired) electrons. The molecule has 7 heteroatoms. The van der Waals surface area contributed by atoms with E-state index in [2.05, 4.69) is 46.4 Å². The third-order valence-corrected chi connectivity index (χ3v) is 5.58. The summed E-state index contributed by atoms with van der Waals surface area (Å²) in [5.74, 6) is 2.19. The van der Waals surface area contributed by atoms with Crippen LogP contribution in [0.2, 0.25) is 0 Å². The second-order valence-electron chi connectivity index (χ2n) is 6.68. The number of aromatic nitrogens is 4. The minimum absolute atomic E-state index is 0.431. The van der Waals surface area contributed by atoms with Gasteiger partial charge in [0.05, 0.1) is 13.4 Å². The molecule has 2 N–H and O–H groups in total. The molecule has 0 amide bonds. The lowest BCUT2D eigenvalue weighted by Gasteiger charge is -2.07. The van der Waals surface area contributed by atoms with Crippen molar-refractivity contribution in [1.82, 2.24) is 19.5 Å². The minimum atomic E-state index is 0.431. The lowest BCUT2D eigenvalue weighted by Crippen LogP contribution is -2.04. The number of nitrogens with two attached hydrogens (primary N) is 1. The van der Waals surface area contributed by atoms with Gasteiger partial charge in [-0.3, -0.25) is 0 Å². The van der Waals surface area contributed by atoms with Crippen LogP contribution in [0, 0.1) is 0 Å². The first kappa shape index (κ1) is 19.3. The van der Waals surface area contributed by atoms with Crippen LogP contribution in [0.15, 0.2) is 66.1 Å². The van der Waals surface area contributed by atoms with E-state index in [1.807, 2.05) is 22.8 Å². The number of nitrogen functional groups attached to an aromatic ring is 1. The number of aryl methyl sites for hydroxylation is 3. The number of anilines is 1. The molecule has 0 fully saturated rings. The van der Waals surface area contributed by atoms with E-state index in [0.717, 1.165) is 36.5 Å². The SMILES string of the molecule is COc1ccc(CCn2cnc3c(N)nc(SCCc4ccccc4)nc32)cc1. The fourth-order valence-corrected chi connectivity index (χ4v) is 3.95. The maximum absolute atomic E-state index is 6.14. The summed E-state index contributed by atoms with van der Waals surface area (Å²) >= 11 is 1.62. The molecule has 148 valence electrons. The van der Waals surface area contributed by atoms with Crippen LogP contribution in [-0.4, -0.2) is 32.4 Å². The molecule has 0 bridgehead atoms. The molecule has 2 aromatic heterocycles. The zero-order valence-corrected chi connectivity index (χ0v) is 17.1. The summed E-state index contributed by atoms with van der Waals surface area (Å²) in [7, 11) is 1.67. The summed E-state index contributed by atoms with van der Waals surface area (Å²) in [5.41, 5.74) is 10.1. The fourth-order valence-electron chi connectivity index (χ4n) is 3.12. The van der Waals surface area contributed by atoms with Gasteiger partial charge < -0.3 is 15.0 Å². The minimum Gasteiger partial charge on any atom is -0.497 e. The molecule has 2 aromatic carbocycles. The summed E-state index contributed by atoms with van der Waals surface area (Å²) < 4.78 is 7.26. The van der Waals surface area contributed by atoms with E-state index < -0.39 is 0 Å². The number of nitrogens with zero attached hydrogens (tertiary/aromatic N) is 4. The maximum atomic E-state index is 6.14. The number of ether oxygens (including phenoxy) is 1. The summed E-state index contributed by atoms with van der Waals surface area (Å²) in [6, 6.07) is 18.5. The Morgan fingerprint density at radius 3 is 2.48 bits per heavy atom. The normalized spacial score (nSPS) is 11.1. The summed E-state index contributed by atoms with van der Waals surface area (Å²) in [4.78, 5) is 13.6. The van der Waals surface area contributed by atoms with Gasteiger partial charge in [0.2, 0.25) is 0 Å². The molecular formula is C22H23N5OS. The molecule has 4 aromatic rings. The van der Waals surface area contributed by atoms with Gasteiger partial charge in [0, 0.05) is 12.3 Å². The quantitative estimate of drug-likeness (QED) is 0.353. The average molecular weight is 406 g/mol. The summed E-state index contributed by atoms with van der Waals surface area (Å²) in [6.07, 6.45) is 3.62. The number of hydrogen-bond donors (Lipinski definition) is 1. The topological polar surface area (TPSA) is 78.9 Å². The van der Waals surface area contributed by atoms with Gasteiger partial charge in [-0.05, 0) is 36.1 Å². The van der Waals surface area contributed by atoms with Crippen molar-refractivity contribution in [2.24, 2.45) is 0 Å². The molecule has 6 nitrogen and oxygen atoms in total. The second-order valence-corrected chi connectivity index (χ2v) is 7.75. The highest BCUT2D eigenvalue weighted by Crippen LogP contribution is 2.23. The Bertz CT molecular complexity index is 1080. The monoisotopic (exact) mass is 405 g/mol. The molecule has 0 spiro atoms. The van der Waals surface area contributed by atoms with Crippen molar-refractivity contribution in [1.29, 1.82) is 0 Å². The molecule has 0 aliphatic carbocycles. The number of methoxy groups -OCH3 is 1. The molecule has 0 unspecified atom stereocenters. The Labute approximate surface area is 174 Å². The standard InChI is InChI=1S/C22H23N5OS/c1-28-18-9-7-17(8-10-18)11-13-27-15-24-19-20(23)25-22(26-21(19)27)29-14-12-16-5-3-2-4-6-16/h2-10,15H,11-14H2,1H3,(H2,23,25,26). The molecule has 0 atom stereocenters. The van der Waals surface area contributed by atoms with Gasteiger partial charge in [0.15, 0.2) is 16.6 Å². The zero-order chi connectivity index (χ0) is 20.1. The molecule has 29 heavy (non-hydrogen) atoms. The number of benzene rings is 2. The molecule has 0 saturated heterocycles. The van der Waals surface area contributed by atoms with Crippen LogP contribution in [0.25, 0.3) is 11.2 Å². The van der Waals surface area contributed by atoms with Gasteiger partial charge in [-0.25, -0.2) is 15.0 Å². The van der Waals surface area contributed by atoms with E-state index >= 15 is 0 Å². The Hall–Kier alpha value is -3.06. The molecule has 0 aliphatic heterocycles. The number of imidazole rings is 1. The Morgan fingerprint density at radius 2 is 1.72 bits per heavy atom. The molecule has 2 heterocycles. The third-order valence-electron chi connectivity index (χ3n) is 4.74. The first-order valence-corrected chi connectivity index (χ1v) is 10.5. The van der Waals surface area contributed by atoms with Crippen molar-refractivity contribution in [2.75, 3.05) is 18.6 Å². The second kappa shape index (κ2) is 8.96. The molecule has 4 rings (SSSR count). The van der Waals surface area contributed by atoms with Crippen LogP contribution < -0.4 is 10.5 Å². The van der Waals surface area contributed by atoms with E-state index in [1.54, 1.807) is 25.2 Å². The highest BCUT2D eigenvalue weighted by atomic mass is 32.2. The molecule has 0 saturated carbocycles. The number of hydrogen-bond acceptors (Lipinski definition) is 6. The van der Waals surface area contributed by atoms with Crippen LogP contribution >= 0.6 is 11.8 Å². The Balaban J connectivity index is 1.45. The first-order valence-electron chi connectivity index (χ1n) is 9.51. The summed E-state index contributed by atoms with van der Waals surface area (Å²) in [5, 5.41) is 0.692. The van der Waals surface area contributed by atoms with Gasteiger partial charge in [-0.1, -0.05) is 54.2 Å². The van der Waals surface area contributed by atoms with Crippen molar-refractivity contribution in [3.63, 3.8) is 0 Å². The van der Waals surface area contributed by atoms with Gasteiger partial charge in [0.1, 0.15) is 11.3 Å². The fraction of sp³-hybridized carbons (Fsp3) is 0.227. The van der Waals surface area contributed by atoms with E-state index in [1.165, 1.54) is 11.1 Å². The van der Waals surface area contributed by atoms with Gasteiger partial charge in [-0.15, -0.1) is 0 Å². The maximum Gasteiger partial charge on any atom is 0.191 e. The predicted molar refractivity (Wildman–Crippen MR) is 117 cm³/mol. The van der Waals surface area contributed by atoms with E-state index in [9.17, 15) is 0 Å². The molecular weight excluding hydrogens is 382 g/mol. The van der Waals surface area contributed by atoms with Crippen LogP contribution in [0.5, 0.6) is 5.75 Å². The van der Waals surface area contributed by atoms with Gasteiger partial charge in [-0.2, -0.15) is 0 Å². The Morgan fingerprint density at radius 1 is 0.966 bits per heavy atom. The van der Waals surface area contributed by atoms with Gasteiger partial charge in [0.25, 0.3) is 0 Å². The van der Waals surface area contributed by atoms with E-state index in [4.69, 9.17) is 15.5 Å². The number of rotatable bonds is 8. The van der Waals surface area contributed by atoms with Crippen molar-refractivity contribution in [2.45, 2.75) is 24.5 Å². The summed E-state index contributed by atoms with van der Waals surface area (Å²) in [6.45, 7) is 0.771. The first-order chi connectivity index (χ1) is 14.2. The smallest absolute Gasteiger partial charge is 0.191 e. The lowest BCUT2D eigenvalue weighted by atomic mass is 10.1. The zero-order valence-electron chi connectivity index (χ0n) is 16.3.